The number of amides is 1. The third kappa shape index (κ3) is 4.14. The van der Waals surface area contributed by atoms with E-state index in [1.807, 2.05) is 25.1 Å². The summed E-state index contributed by atoms with van der Waals surface area (Å²) in [5.74, 6) is 3.18. The van der Waals surface area contributed by atoms with Gasteiger partial charge in [-0.3, -0.25) is 4.79 Å². The number of aryl methyl sites for hydroxylation is 1. The smallest absolute Gasteiger partial charge is 0.254 e. The van der Waals surface area contributed by atoms with Crippen molar-refractivity contribution in [3.05, 3.63) is 65.5 Å². The maximum absolute atomic E-state index is 13.3. The number of rotatable bonds is 8. The highest BCUT2D eigenvalue weighted by Gasteiger charge is 2.23. The van der Waals surface area contributed by atoms with Crippen molar-refractivity contribution in [1.82, 2.24) is 4.90 Å². The van der Waals surface area contributed by atoms with Gasteiger partial charge in [-0.25, -0.2) is 0 Å². The van der Waals surface area contributed by atoms with Crippen LogP contribution in [0.2, 0.25) is 0 Å². The molecule has 0 fully saturated rings. The first-order valence-corrected chi connectivity index (χ1v) is 8.72. The second-order valence-corrected chi connectivity index (χ2v) is 6.17. The molecule has 7 heteroatoms. The molecule has 3 rings (SSSR count). The number of ether oxygens (including phenoxy) is 3. The zero-order chi connectivity index (χ0) is 20.1. The lowest BCUT2D eigenvalue weighted by molar-refractivity contribution is 0.0703. The number of hydrogen-bond acceptors (Lipinski definition) is 6. The van der Waals surface area contributed by atoms with Gasteiger partial charge >= 0.3 is 0 Å². The van der Waals surface area contributed by atoms with E-state index in [4.69, 9.17) is 23.0 Å². The molecular formula is C21H23NO6. The van der Waals surface area contributed by atoms with Crippen LogP contribution in [0.5, 0.6) is 17.2 Å². The Kier molecular flexibility index (Phi) is 5.93. The number of methoxy groups -OCH3 is 3. The number of carbonyl (C=O) groups is 1. The highest BCUT2D eigenvalue weighted by molar-refractivity contribution is 5.95. The molecule has 0 saturated carbocycles. The van der Waals surface area contributed by atoms with Crippen molar-refractivity contribution in [2.24, 2.45) is 0 Å². The first-order chi connectivity index (χ1) is 13.5. The minimum absolute atomic E-state index is 0.218. The molecule has 1 aromatic carbocycles. The molecular weight excluding hydrogens is 362 g/mol. The van der Waals surface area contributed by atoms with Crippen LogP contribution < -0.4 is 14.2 Å². The molecule has 0 radical (unpaired) electrons. The van der Waals surface area contributed by atoms with Gasteiger partial charge in [-0.05, 0) is 43.3 Å². The highest BCUT2D eigenvalue weighted by Crippen LogP contribution is 2.38. The molecule has 0 unspecified atom stereocenters. The second kappa shape index (κ2) is 8.56. The van der Waals surface area contributed by atoms with Crippen LogP contribution in [0.4, 0.5) is 0 Å². The summed E-state index contributed by atoms with van der Waals surface area (Å²) in [5, 5.41) is 0. The Morgan fingerprint density at radius 2 is 1.64 bits per heavy atom. The number of hydrogen-bond donors (Lipinski definition) is 0. The lowest BCUT2D eigenvalue weighted by atomic mass is 10.1. The molecule has 28 heavy (non-hydrogen) atoms. The molecule has 0 aliphatic heterocycles. The van der Waals surface area contributed by atoms with Crippen molar-refractivity contribution in [2.45, 2.75) is 20.0 Å². The van der Waals surface area contributed by atoms with Crippen molar-refractivity contribution in [2.75, 3.05) is 21.3 Å². The van der Waals surface area contributed by atoms with Gasteiger partial charge in [0.1, 0.15) is 17.3 Å². The number of benzene rings is 1. The maximum Gasteiger partial charge on any atom is 0.254 e. The average molecular weight is 385 g/mol. The van der Waals surface area contributed by atoms with Gasteiger partial charge in [0.2, 0.25) is 5.75 Å². The summed E-state index contributed by atoms with van der Waals surface area (Å²) in [6, 6.07) is 10.6. The summed E-state index contributed by atoms with van der Waals surface area (Å²) in [6.07, 6.45) is 1.58. The van der Waals surface area contributed by atoms with Crippen LogP contribution in [0.1, 0.15) is 27.6 Å². The topological polar surface area (TPSA) is 74.3 Å². The summed E-state index contributed by atoms with van der Waals surface area (Å²) >= 11 is 0. The van der Waals surface area contributed by atoms with E-state index >= 15 is 0 Å². The van der Waals surface area contributed by atoms with E-state index in [1.165, 1.54) is 21.3 Å². The minimum atomic E-state index is -0.218. The summed E-state index contributed by atoms with van der Waals surface area (Å²) in [7, 11) is 4.54. The van der Waals surface area contributed by atoms with Crippen molar-refractivity contribution in [3.8, 4) is 17.2 Å². The molecule has 0 aliphatic rings. The van der Waals surface area contributed by atoms with Crippen LogP contribution in [-0.4, -0.2) is 32.1 Å². The van der Waals surface area contributed by atoms with Crippen LogP contribution >= 0.6 is 0 Å². The first kappa shape index (κ1) is 19.4. The van der Waals surface area contributed by atoms with Crippen LogP contribution in [0.25, 0.3) is 0 Å². The Hall–Kier alpha value is -3.35. The Balaban J connectivity index is 1.95. The van der Waals surface area contributed by atoms with E-state index in [1.54, 1.807) is 29.4 Å². The number of nitrogens with zero attached hydrogens (tertiary/aromatic N) is 1. The summed E-state index contributed by atoms with van der Waals surface area (Å²) in [5.41, 5.74) is 0.407. The van der Waals surface area contributed by atoms with Crippen molar-refractivity contribution < 1.29 is 27.8 Å². The molecule has 7 nitrogen and oxygen atoms in total. The lowest BCUT2D eigenvalue weighted by Crippen LogP contribution is -2.30. The molecule has 0 spiro atoms. The van der Waals surface area contributed by atoms with Crippen LogP contribution in [0.3, 0.4) is 0 Å². The molecule has 148 valence electrons. The fourth-order valence-electron chi connectivity index (χ4n) is 2.94. The van der Waals surface area contributed by atoms with Gasteiger partial charge in [-0.15, -0.1) is 0 Å². The summed E-state index contributed by atoms with van der Waals surface area (Å²) < 4.78 is 27.1. The Bertz CT molecular complexity index is 903. The molecule has 2 aromatic heterocycles. The van der Waals surface area contributed by atoms with Gasteiger partial charge in [-0.2, -0.15) is 0 Å². The van der Waals surface area contributed by atoms with E-state index in [-0.39, 0.29) is 5.91 Å². The van der Waals surface area contributed by atoms with Crippen molar-refractivity contribution in [1.29, 1.82) is 0 Å². The van der Waals surface area contributed by atoms with Gasteiger partial charge in [0.15, 0.2) is 11.5 Å². The predicted molar refractivity (Wildman–Crippen MR) is 102 cm³/mol. The molecule has 3 aromatic rings. The van der Waals surface area contributed by atoms with E-state index in [0.717, 1.165) is 5.76 Å². The predicted octanol–water partition coefficient (Wildman–Crippen LogP) is 4.05. The zero-order valence-electron chi connectivity index (χ0n) is 16.4. The third-order valence-corrected chi connectivity index (χ3v) is 4.27. The Labute approximate surface area is 163 Å². The summed E-state index contributed by atoms with van der Waals surface area (Å²) in [6.45, 7) is 2.45. The van der Waals surface area contributed by atoms with Gasteiger partial charge in [-0.1, -0.05) is 0 Å². The maximum atomic E-state index is 13.3. The monoisotopic (exact) mass is 385 g/mol. The van der Waals surface area contributed by atoms with Gasteiger partial charge in [0, 0.05) is 5.56 Å². The van der Waals surface area contributed by atoms with Crippen molar-refractivity contribution in [3.63, 3.8) is 0 Å². The quantitative estimate of drug-likeness (QED) is 0.582. The third-order valence-electron chi connectivity index (χ3n) is 4.27. The molecule has 1 amide bonds. The second-order valence-electron chi connectivity index (χ2n) is 6.17. The summed E-state index contributed by atoms with van der Waals surface area (Å²) in [4.78, 5) is 14.9. The van der Waals surface area contributed by atoms with E-state index < -0.39 is 0 Å². The fourth-order valence-corrected chi connectivity index (χ4v) is 2.94. The highest BCUT2D eigenvalue weighted by atomic mass is 16.5. The van der Waals surface area contributed by atoms with E-state index in [9.17, 15) is 4.79 Å². The minimum Gasteiger partial charge on any atom is -0.493 e. The van der Waals surface area contributed by atoms with Crippen LogP contribution in [-0.2, 0) is 13.1 Å². The standard InChI is InChI=1S/C21H23NO6/c1-14-7-8-17(28-14)13-22(12-16-6-5-9-27-16)21(23)15-10-18(24-2)20(26-4)19(11-15)25-3/h5-11H,12-13H2,1-4H3. The Morgan fingerprint density at radius 3 is 2.14 bits per heavy atom. The molecule has 0 N–H and O–H groups in total. The van der Waals surface area contributed by atoms with Gasteiger partial charge in [0.25, 0.3) is 5.91 Å². The van der Waals surface area contributed by atoms with Gasteiger partial charge in [0.05, 0.1) is 40.7 Å². The largest absolute Gasteiger partial charge is 0.493 e. The lowest BCUT2D eigenvalue weighted by Gasteiger charge is -2.22. The Morgan fingerprint density at radius 1 is 0.964 bits per heavy atom. The van der Waals surface area contributed by atoms with E-state index in [0.29, 0.717) is 47.4 Å². The zero-order valence-corrected chi connectivity index (χ0v) is 16.4. The molecule has 2 heterocycles. The normalized spacial score (nSPS) is 10.6. The first-order valence-electron chi connectivity index (χ1n) is 8.72. The fraction of sp³-hybridized carbons (Fsp3) is 0.286. The average Bonchev–Trinajstić information content (AvgIpc) is 3.37. The van der Waals surface area contributed by atoms with Crippen LogP contribution in [0.15, 0.2) is 51.5 Å². The number of furan rings is 2. The molecule has 0 saturated heterocycles. The molecule has 0 atom stereocenters. The van der Waals surface area contributed by atoms with Crippen LogP contribution in [0, 0.1) is 6.92 Å². The molecule has 0 aliphatic carbocycles. The number of carbonyl (C=O) groups excluding carboxylic acids is 1. The van der Waals surface area contributed by atoms with Gasteiger partial charge < -0.3 is 27.9 Å². The van der Waals surface area contributed by atoms with E-state index in [2.05, 4.69) is 0 Å². The SMILES string of the molecule is COc1cc(C(=O)N(Cc2ccco2)Cc2ccc(C)o2)cc(OC)c1OC. The van der Waals surface area contributed by atoms with Crippen molar-refractivity contribution >= 4 is 5.91 Å². The molecule has 0 bridgehead atoms.